The monoisotopic (exact) mass is 322 g/mol. The van der Waals surface area contributed by atoms with E-state index in [1.165, 1.54) is 12.8 Å². The summed E-state index contributed by atoms with van der Waals surface area (Å²) < 4.78 is 0. The Bertz CT molecular complexity index is 539. The van der Waals surface area contributed by atoms with E-state index >= 15 is 0 Å². The maximum Gasteiger partial charge on any atom is 0.219 e. The highest BCUT2D eigenvalue weighted by Crippen LogP contribution is 2.38. The van der Waals surface area contributed by atoms with Gasteiger partial charge in [-0.3, -0.25) is 4.79 Å². The second-order valence-corrected chi connectivity index (χ2v) is 6.76. The van der Waals surface area contributed by atoms with Crippen LogP contribution in [-0.4, -0.2) is 40.4 Å². The second kappa shape index (κ2) is 6.82. The number of aromatic nitrogens is 2. The smallest absolute Gasteiger partial charge is 0.219 e. The van der Waals surface area contributed by atoms with Crippen LogP contribution in [0.5, 0.6) is 0 Å². The van der Waals surface area contributed by atoms with Crippen molar-refractivity contribution in [2.45, 2.75) is 44.9 Å². The van der Waals surface area contributed by atoms with Gasteiger partial charge in [0.15, 0.2) is 0 Å². The summed E-state index contributed by atoms with van der Waals surface area (Å²) in [6.45, 7) is 4.33. The lowest BCUT2D eigenvalue weighted by Gasteiger charge is -2.31. The Hall–Kier alpha value is -1.36. The van der Waals surface area contributed by atoms with Crippen LogP contribution < -0.4 is 5.32 Å². The maximum atomic E-state index is 11.3. The van der Waals surface area contributed by atoms with Crippen LogP contribution in [0.2, 0.25) is 5.15 Å². The Morgan fingerprint density at radius 2 is 2.05 bits per heavy atom. The number of carbonyl (C=O) groups is 1. The summed E-state index contributed by atoms with van der Waals surface area (Å²) >= 11 is 6.07. The fourth-order valence-electron chi connectivity index (χ4n) is 2.99. The van der Waals surface area contributed by atoms with Gasteiger partial charge in [-0.05, 0) is 38.0 Å². The molecule has 2 heterocycles. The number of nitrogens with zero attached hydrogens (tertiary/aromatic N) is 3. The van der Waals surface area contributed by atoms with E-state index in [1.807, 2.05) is 4.90 Å². The molecule has 1 aliphatic carbocycles. The zero-order chi connectivity index (χ0) is 15.5. The number of carbonyl (C=O) groups excluding carboxylic acids is 1. The molecule has 0 aromatic carbocycles. The standard InChI is InChI=1S/C16H23ClN4O/c1-11(22)21-8-5-12(6-9-21)4-7-18-15-10-14(17)19-16(20-15)13-2-3-13/h10,12-13H,2-9H2,1H3,(H,18,19,20). The van der Waals surface area contributed by atoms with Gasteiger partial charge in [-0.15, -0.1) is 0 Å². The molecule has 2 aliphatic rings. The minimum Gasteiger partial charge on any atom is -0.370 e. The number of piperidine rings is 1. The molecule has 1 N–H and O–H groups in total. The quantitative estimate of drug-likeness (QED) is 0.846. The number of halogens is 1. The van der Waals surface area contributed by atoms with Gasteiger partial charge in [0.05, 0.1) is 0 Å². The molecule has 0 radical (unpaired) electrons. The van der Waals surface area contributed by atoms with Crippen LogP contribution >= 0.6 is 11.6 Å². The Labute approximate surface area is 136 Å². The molecule has 6 heteroatoms. The van der Waals surface area contributed by atoms with Gasteiger partial charge >= 0.3 is 0 Å². The molecule has 120 valence electrons. The van der Waals surface area contributed by atoms with Crippen molar-refractivity contribution in [3.05, 3.63) is 17.0 Å². The Morgan fingerprint density at radius 3 is 2.68 bits per heavy atom. The largest absolute Gasteiger partial charge is 0.370 e. The van der Waals surface area contributed by atoms with E-state index in [9.17, 15) is 4.79 Å². The van der Waals surface area contributed by atoms with Crippen molar-refractivity contribution in [3.8, 4) is 0 Å². The molecule has 0 spiro atoms. The fourth-order valence-corrected chi connectivity index (χ4v) is 3.18. The number of likely N-dealkylation sites (tertiary alicyclic amines) is 1. The molecule has 2 fully saturated rings. The number of amides is 1. The van der Waals surface area contributed by atoms with Crippen molar-refractivity contribution < 1.29 is 4.79 Å². The summed E-state index contributed by atoms with van der Waals surface area (Å²) in [5.74, 6) is 3.10. The van der Waals surface area contributed by atoms with Crippen molar-refractivity contribution >= 4 is 23.3 Å². The van der Waals surface area contributed by atoms with Gasteiger partial charge in [0.2, 0.25) is 5.91 Å². The van der Waals surface area contributed by atoms with E-state index in [0.29, 0.717) is 17.0 Å². The van der Waals surface area contributed by atoms with E-state index in [1.54, 1.807) is 13.0 Å². The predicted molar refractivity (Wildman–Crippen MR) is 87.1 cm³/mol. The lowest BCUT2D eigenvalue weighted by Crippen LogP contribution is -2.37. The number of hydrogen-bond acceptors (Lipinski definition) is 4. The third-order valence-corrected chi connectivity index (χ3v) is 4.77. The van der Waals surface area contributed by atoms with E-state index in [4.69, 9.17) is 11.6 Å². The van der Waals surface area contributed by atoms with Gasteiger partial charge in [-0.25, -0.2) is 9.97 Å². The van der Waals surface area contributed by atoms with Gasteiger partial charge in [0, 0.05) is 38.5 Å². The summed E-state index contributed by atoms with van der Waals surface area (Å²) in [5.41, 5.74) is 0. The number of hydrogen-bond donors (Lipinski definition) is 1. The van der Waals surface area contributed by atoms with E-state index in [0.717, 1.165) is 50.5 Å². The van der Waals surface area contributed by atoms with Gasteiger partial charge in [-0.2, -0.15) is 0 Å². The van der Waals surface area contributed by atoms with E-state index < -0.39 is 0 Å². The van der Waals surface area contributed by atoms with E-state index in [-0.39, 0.29) is 5.91 Å². The SMILES string of the molecule is CC(=O)N1CCC(CCNc2cc(Cl)nc(C3CC3)n2)CC1. The van der Waals surface area contributed by atoms with Crippen LogP contribution in [0.25, 0.3) is 0 Å². The fraction of sp³-hybridized carbons (Fsp3) is 0.688. The highest BCUT2D eigenvalue weighted by molar-refractivity contribution is 6.29. The molecule has 1 saturated heterocycles. The second-order valence-electron chi connectivity index (χ2n) is 6.37. The molecule has 0 atom stereocenters. The minimum absolute atomic E-state index is 0.194. The molecular formula is C16H23ClN4O. The predicted octanol–water partition coefficient (Wildman–Crippen LogP) is 3.07. The number of anilines is 1. The molecule has 1 aliphatic heterocycles. The molecule has 0 unspecified atom stereocenters. The van der Waals surface area contributed by atoms with Gasteiger partial charge in [0.1, 0.15) is 16.8 Å². The Balaban J connectivity index is 1.44. The van der Waals surface area contributed by atoms with Gasteiger partial charge in [-0.1, -0.05) is 11.6 Å². The van der Waals surface area contributed by atoms with Crippen LogP contribution in [0.4, 0.5) is 5.82 Å². The first-order valence-electron chi connectivity index (χ1n) is 8.15. The molecular weight excluding hydrogens is 300 g/mol. The van der Waals surface area contributed by atoms with Crippen LogP contribution in [0.3, 0.4) is 0 Å². The molecule has 1 aromatic heterocycles. The highest BCUT2D eigenvalue weighted by atomic mass is 35.5. The van der Waals surface area contributed by atoms with Crippen molar-refractivity contribution in [2.75, 3.05) is 25.0 Å². The third-order valence-electron chi connectivity index (χ3n) is 4.57. The first kappa shape index (κ1) is 15.5. The average Bonchev–Trinajstić information content (AvgIpc) is 3.32. The van der Waals surface area contributed by atoms with Gasteiger partial charge in [0.25, 0.3) is 0 Å². The lowest BCUT2D eigenvalue weighted by molar-refractivity contribution is -0.130. The normalized spacial score (nSPS) is 19.3. The zero-order valence-corrected chi connectivity index (χ0v) is 13.8. The molecule has 22 heavy (non-hydrogen) atoms. The molecule has 5 nitrogen and oxygen atoms in total. The zero-order valence-electron chi connectivity index (χ0n) is 13.0. The summed E-state index contributed by atoms with van der Waals surface area (Å²) in [4.78, 5) is 22.1. The molecule has 3 rings (SSSR count). The van der Waals surface area contributed by atoms with Crippen molar-refractivity contribution in [2.24, 2.45) is 5.92 Å². The van der Waals surface area contributed by atoms with Crippen LogP contribution in [0.1, 0.15) is 50.8 Å². The van der Waals surface area contributed by atoms with Crippen molar-refractivity contribution in [1.29, 1.82) is 0 Å². The Morgan fingerprint density at radius 1 is 1.32 bits per heavy atom. The molecule has 0 bridgehead atoms. The van der Waals surface area contributed by atoms with Crippen molar-refractivity contribution in [1.82, 2.24) is 14.9 Å². The summed E-state index contributed by atoms with van der Waals surface area (Å²) in [6.07, 6.45) is 5.65. The van der Waals surface area contributed by atoms with Crippen LogP contribution in [0, 0.1) is 5.92 Å². The lowest BCUT2D eigenvalue weighted by atomic mass is 9.93. The first-order valence-corrected chi connectivity index (χ1v) is 8.53. The highest BCUT2D eigenvalue weighted by Gasteiger charge is 2.27. The van der Waals surface area contributed by atoms with Crippen LogP contribution in [-0.2, 0) is 4.79 Å². The Kier molecular flexibility index (Phi) is 4.81. The first-order chi connectivity index (χ1) is 10.6. The van der Waals surface area contributed by atoms with E-state index in [2.05, 4.69) is 15.3 Å². The van der Waals surface area contributed by atoms with Crippen LogP contribution in [0.15, 0.2) is 6.07 Å². The summed E-state index contributed by atoms with van der Waals surface area (Å²) in [6, 6.07) is 1.80. The number of nitrogens with one attached hydrogen (secondary N) is 1. The summed E-state index contributed by atoms with van der Waals surface area (Å²) in [5, 5.41) is 3.90. The summed E-state index contributed by atoms with van der Waals surface area (Å²) in [7, 11) is 0. The van der Waals surface area contributed by atoms with Crippen molar-refractivity contribution in [3.63, 3.8) is 0 Å². The topological polar surface area (TPSA) is 58.1 Å². The molecule has 1 aromatic rings. The molecule has 1 saturated carbocycles. The third kappa shape index (κ3) is 4.09. The molecule has 1 amide bonds. The maximum absolute atomic E-state index is 11.3. The minimum atomic E-state index is 0.194. The number of rotatable bonds is 5. The average molecular weight is 323 g/mol. The van der Waals surface area contributed by atoms with Gasteiger partial charge < -0.3 is 10.2 Å².